The molecule has 2 atom stereocenters. The molecule has 8 heteroatoms. The number of carbonyl (C=O) groups is 1. The average molecular weight is 444 g/mol. The summed E-state index contributed by atoms with van der Waals surface area (Å²) in [5, 5.41) is 4.13. The second kappa shape index (κ2) is 8.23. The van der Waals surface area contributed by atoms with E-state index >= 15 is 0 Å². The highest BCUT2D eigenvalue weighted by atomic mass is 32.2. The van der Waals surface area contributed by atoms with Crippen LogP contribution in [-0.2, 0) is 24.2 Å². The Bertz CT molecular complexity index is 1130. The first kappa shape index (κ1) is 19.9. The van der Waals surface area contributed by atoms with Crippen molar-refractivity contribution in [2.24, 2.45) is 5.92 Å². The van der Waals surface area contributed by atoms with Crippen molar-refractivity contribution in [3.05, 3.63) is 45.0 Å². The van der Waals surface area contributed by atoms with E-state index in [-0.39, 0.29) is 16.7 Å². The molecule has 1 fully saturated rings. The molecule has 1 aliphatic heterocycles. The lowest BCUT2D eigenvalue weighted by atomic mass is 9.89. The lowest BCUT2D eigenvalue weighted by molar-refractivity contribution is -0.120. The third-order valence-electron chi connectivity index (χ3n) is 6.01. The fourth-order valence-electron chi connectivity index (χ4n) is 4.34. The molecule has 2 unspecified atom stereocenters. The summed E-state index contributed by atoms with van der Waals surface area (Å²) in [4.78, 5) is 33.2. The summed E-state index contributed by atoms with van der Waals surface area (Å²) in [6, 6.07) is 3.69. The van der Waals surface area contributed by atoms with Crippen LogP contribution in [0.4, 0.5) is 0 Å². The number of nitrogens with one attached hydrogen (secondary N) is 1. The number of aryl methyl sites for hydroxylation is 1. The van der Waals surface area contributed by atoms with Crippen molar-refractivity contribution in [3.8, 4) is 0 Å². The summed E-state index contributed by atoms with van der Waals surface area (Å²) >= 11 is 3.07. The van der Waals surface area contributed by atoms with Gasteiger partial charge in [0.2, 0.25) is 5.91 Å². The molecule has 1 N–H and O–H groups in total. The van der Waals surface area contributed by atoms with Crippen LogP contribution in [0.5, 0.6) is 0 Å². The van der Waals surface area contributed by atoms with Crippen molar-refractivity contribution >= 4 is 39.2 Å². The lowest BCUT2D eigenvalue weighted by Gasteiger charge is -2.18. The van der Waals surface area contributed by atoms with E-state index < -0.39 is 0 Å². The van der Waals surface area contributed by atoms with E-state index in [1.807, 2.05) is 12.1 Å². The van der Waals surface area contributed by atoms with Gasteiger partial charge in [-0.2, -0.15) is 0 Å². The molecule has 5 rings (SSSR count). The number of hydrogen-bond donors (Lipinski definition) is 1. The molecule has 1 amide bonds. The Labute approximate surface area is 183 Å². The molecule has 0 spiro atoms. The molecular formula is C22H25N3O3S2. The van der Waals surface area contributed by atoms with Gasteiger partial charge in [-0.3, -0.25) is 14.2 Å². The topological polar surface area (TPSA) is 77.1 Å². The van der Waals surface area contributed by atoms with E-state index in [4.69, 9.17) is 9.40 Å². The summed E-state index contributed by atoms with van der Waals surface area (Å²) < 4.78 is 7.23. The van der Waals surface area contributed by atoms with E-state index in [2.05, 4.69) is 12.2 Å². The first-order valence-electron chi connectivity index (χ1n) is 10.6. The lowest BCUT2D eigenvalue weighted by Crippen LogP contribution is -2.32. The van der Waals surface area contributed by atoms with Crippen LogP contribution in [0.3, 0.4) is 0 Å². The van der Waals surface area contributed by atoms with Crippen LogP contribution in [0.1, 0.15) is 48.8 Å². The Morgan fingerprint density at radius 3 is 3.07 bits per heavy atom. The van der Waals surface area contributed by atoms with Crippen LogP contribution < -0.4 is 10.9 Å². The van der Waals surface area contributed by atoms with Gasteiger partial charge in [0.15, 0.2) is 5.16 Å². The molecule has 3 aromatic rings. The Morgan fingerprint density at radius 2 is 2.23 bits per heavy atom. The highest BCUT2D eigenvalue weighted by molar-refractivity contribution is 8.00. The van der Waals surface area contributed by atoms with Gasteiger partial charge in [0.25, 0.3) is 5.56 Å². The van der Waals surface area contributed by atoms with Crippen LogP contribution >= 0.6 is 23.1 Å². The fraction of sp³-hybridized carbons (Fsp3) is 0.500. The van der Waals surface area contributed by atoms with Crippen molar-refractivity contribution < 1.29 is 9.21 Å². The zero-order valence-electron chi connectivity index (χ0n) is 17.0. The molecule has 158 valence electrons. The van der Waals surface area contributed by atoms with Crippen molar-refractivity contribution in [1.82, 2.24) is 14.9 Å². The van der Waals surface area contributed by atoms with Crippen molar-refractivity contribution in [3.63, 3.8) is 0 Å². The maximum Gasteiger partial charge on any atom is 0.263 e. The number of aromatic nitrogens is 2. The van der Waals surface area contributed by atoms with Gasteiger partial charge in [-0.05, 0) is 55.7 Å². The third-order valence-corrected chi connectivity index (χ3v) is 8.41. The largest absolute Gasteiger partial charge is 0.467 e. The predicted molar refractivity (Wildman–Crippen MR) is 119 cm³/mol. The van der Waals surface area contributed by atoms with Crippen LogP contribution in [0.25, 0.3) is 10.2 Å². The summed E-state index contributed by atoms with van der Waals surface area (Å²) in [6.45, 7) is 3.31. The molecule has 2 aliphatic rings. The standard InChI is InChI=1S/C22H25N3O3S2/c1-13-7-8-15-17(11-13)29-20-18(15)21(27)25(12-14-5-4-10-28-14)22(24-20)30-16-6-2-3-9-23-19(16)26/h4-5,10,13,16H,2-3,6-9,11-12H2,1H3,(H,23,26). The molecule has 4 heterocycles. The summed E-state index contributed by atoms with van der Waals surface area (Å²) in [5.41, 5.74) is 1.17. The van der Waals surface area contributed by atoms with E-state index in [9.17, 15) is 9.59 Å². The van der Waals surface area contributed by atoms with Gasteiger partial charge in [0, 0.05) is 11.4 Å². The van der Waals surface area contributed by atoms with Crippen LogP contribution in [-0.4, -0.2) is 27.3 Å². The van der Waals surface area contributed by atoms with Crippen LogP contribution in [0.2, 0.25) is 0 Å². The quantitative estimate of drug-likeness (QED) is 0.617. The Hall–Kier alpha value is -2.06. The van der Waals surface area contributed by atoms with Gasteiger partial charge in [-0.1, -0.05) is 25.1 Å². The molecular weight excluding hydrogens is 418 g/mol. The zero-order chi connectivity index (χ0) is 20.7. The van der Waals surface area contributed by atoms with Crippen molar-refractivity contribution in [1.29, 1.82) is 0 Å². The van der Waals surface area contributed by atoms with Crippen LogP contribution in [0, 0.1) is 5.92 Å². The van der Waals surface area contributed by atoms with Gasteiger partial charge in [0.05, 0.1) is 23.4 Å². The minimum Gasteiger partial charge on any atom is -0.467 e. The fourth-order valence-corrected chi connectivity index (χ4v) is 6.92. The van der Waals surface area contributed by atoms with Gasteiger partial charge in [0.1, 0.15) is 10.6 Å². The molecule has 1 saturated heterocycles. The zero-order valence-corrected chi connectivity index (χ0v) is 18.6. The molecule has 6 nitrogen and oxygen atoms in total. The van der Waals surface area contributed by atoms with E-state index in [1.165, 1.54) is 22.2 Å². The monoisotopic (exact) mass is 443 g/mol. The molecule has 0 radical (unpaired) electrons. The Balaban J connectivity index is 1.62. The SMILES string of the molecule is CC1CCc2c(sc3nc(SC4CCCCNC4=O)n(Cc4ccco4)c(=O)c23)C1. The van der Waals surface area contributed by atoms with Gasteiger partial charge >= 0.3 is 0 Å². The highest BCUT2D eigenvalue weighted by Crippen LogP contribution is 2.37. The van der Waals surface area contributed by atoms with Crippen molar-refractivity contribution in [2.75, 3.05) is 6.54 Å². The first-order chi connectivity index (χ1) is 14.6. The van der Waals surface area contributed by atoms with Gasteiger partial charge in [-0.15, -0.1) is 11.3 Å². The highest BCUT2D eigenvalue weighted by Gasteiger charge is 2.28. The van der Waals surface area contributed by atoms with Gasteiger partial charge < -0.3 is 9.73 Å². The van der Waals surface area contributed by atoms with Crippen molar-refractivity contribution in [2.45, 2.75) is 62.4 Å². The van der Waals surface area contributed by atoms with E-state index in [1.54, 1.807) is 22.2 Å². The Morgan fingerprint density at radius 1 is 1.33 bits per heavy atom. The minimum absolute atomic E-state index is 0.0139. The normalized spacial score (nSPS) is 22.0. The minimum atomic E-state index is -0.227. The first-order valence-corrected chi connectivity index (χ1v) is 12.3. The Kier molecular flexibility index (Phi) is 5.45. The number of thiophene rings is 1. The molecule has 1 aliphatic carbocycles. The smallest absolute Gasteiger partial charge is 0.263 e. The van der Waals surface area contributed by atoms with Gasteiger partial charge in [-0.25, -0.2) is 4.98 Å². The third kappa shape index (κ3) is 3.71. The number of rotatable bonds is 4. The molecule has 3 aromatic heterocycles. The van der Waals surface area contributed by atoms with E-state index in [0.717, 1.165) is 55.3 Å². The number of fused-ring (bicyclic) bond motifs is 3. The predicted octanol–water partition coefficient (Wildman–Crippen LogP) is 3.98. The number of hydrogen-bond acceptors (Lipinski definition) is 6. The number of nitrogens with zero attached hydrogens (tertiary/aromatic N) is 2. The molecule has 0 saturated carbocycles. The second-order valence-corrected chi connectivity index (χ2v) is 10.5. The summed E-state index contributed by atoms with van der Waals surface area (Å²) in [5.74, 6) is 1.39. The summed E-state index contributed by atoms with van der Waals surface area (Å²) in [6.07, 6.45) is 7.45. The number of thioether (sulfide) groups is 1. The maximum atomic E-state index is 13.7. The molecule has 0 aromatic carbocycles. The van der Waals surface area contributed by atoms with Crippen LogP contribution in [0.15, 0.2) is 32.8 Å². The molecule has 30 heavy (non-hydrogen) atoms. The molecule has 0 bridgehead atoms. The number of furan rings is 1. The number of amides is 1. The second-order valence-electron chi connectivity index (χ2n) is 8.29. The number of carbonyl (C=O) groups excluding carboxylic acids is 1. The maximum absolute atomic E-state index is 13.7. The summed E-state index contributed by atoms with van der Waals surface area (Å²) in [7, 11) is 0. The van der Waals surface area contributed by atoms with E-state index in [0.29, 0.717) is 23.4 Å². The average Bonchev–Trinajstić information content (AvgIpc) is 3.31.